The van der Waals surface area contributed by atoms with Crippen LogP contribution < -0.4 is 5.32 Å². The number of aliphatic hydroxyl groups is 1. The summed E-state index contributed by atoms with van der Waals surface area (Å²) in [6.07, 6.45) is 1.60. The Morgan fingerprint density at radius 3 is 2.54 bits per heavy atom. The quantitative estimate of drug-likeness (QED) is 0.840. The zero-order chi connectivity index (χ0) is 16.9. The van der Waals surface area contributed by atoms with Gasteiger partial charge in [-0.1, -0.05) is 48.0 Å². The largest absolute Gasteiger partial charge is 0.393 e. The van der Waals surface area contributed by atoms with Crippen molar-refractivity contribution in [2.75, 3.05) is 18.4 Å². The minimum absolute atomic E-state index is 0.130. The van der Waals surface area contributed by atoms with Crippen molar-refractivity contribution in [3.63, 3.8) is 0 Å². The number of nitrogens with zero attached hydrogens (tertiary/aromatic N) is 1. The zero-order valence-electron chi connectivity index (χ0n) is 14.1. The summed E-state index contributed by atoms with van der Waals surface area (Å²) < 4.78 is 0. The molecule has 1 heterocycles. The summed E-state index contributed by atoms with van der Waals surface area (Å²) in [6, 6.07) is 16.6. The lowest BCUT2D eigenvalue weighted by atomic mass is 10.0. The molecule has 0 saturated carbocycles. The van der Waals surface area contributed by atoms with Gasteiger partial charge in [0.05, 0.1) is 6.10 Å². The first kappa shape index (κ1) is 17.3. The van der Waals surface area contributed by atoms with Gasteiger partial charge in [0.15, 0.2) is 0 Å². The number of likely N-dealkylation sites (tertiary alicyclic amines) is 1. The maximum atomic E-state index is 9.67. The van der Waals surface area contributed by atoms with E-state index < -0.39 is 0 Å². The second-order valence-corrected chi connectivity index (χ2v) is 6.96. The molecule has 1 unspecified atom stereocenters. The SMILES string of the molecule is CC(Nc1ccccc1CN1CCC(O)CC1)c1ccccc1Cl. The number of benzene rings is 2. The minimum atomic E-state index is -0.130. The minimum Gasteiger partial charge on any atom is -0.393 e. The number of rotatable bonds is 5. The topological polar surface area (TPSA) is 35.5 Å². The van der Waals surface area contributed by atoms with Crippen LogP contribution in [0.1, 0.15) is 36.9 Å². The molecule has 2 aromatic carbocycles. The molecule has 0 bridgehead atoms. The van der Waals surface area contributed by atoms with E-state index in [1.54, 1.807) is 0 Å². The van der Waals surface area contributed by atoms with Gasteiger partial charge in [0.2, 0.25) is 0 Å². The van der Waals surface area contributed by atoms with Crippen LogP contribution in [0.15, 0.2) is 48.5 Å². The van der Waals surface area contributed by atoms with Gasteiger partial charge in [-0.3, -0.25) is 4.90 Å². The molecule has 0 spiro atoms. The van der Waals surface area contributed by atoms with Crippen molar-refractivity contribution < 1.29 is 5.11 Å². The van der Waals surface area contributed by atoms with E-state index in [0.29, 0.717) is 0 Å². The Morgan fingerprint density at radius 1 is 1.12 bits per heavy atom. The third-order valence-electron chi connectivity index (χ3n) is 4.71. The molecule has 4 heteroatoms. The first-order valence-electron chi connectivity index (χ1n) is 8.63. The third kappa shape index (κ3) is 4.29. The Hall–Kier alpha value is -1.55. The van der Waals surface area contributed by atoms with Crippen LogP contribution in [0, 0.1) is 0 Å². The van der Waals surface area contributed by atoms with Crippen LogP contribution in [0.4, 0.5) is 5.69 Å². The van der Waals surface area contributed by atoms with E-state index in [9.17, 15) is 5.11 Å². The van der Waals surface area contributed by atoms with Gasteiger partial charge in [-0.2, -0.15) is 0 Å². The molecule has 0 radical (unpaired) electrons. The predicted molar refractivity (Wildman–Crippen MR) is 100 cm³/mol. The zero-order valence-corrected chi connectivity index (χ0v) is 14.8. The Morgan fingerprint density at radius 2 is 1.79 bits per heavy atom. The van der Waals surface area contributed by atoms with Crippen LogP contribution >= 0.6 is 11.6 Å². The smallest absolute Gasteiger partial charge is 0.0564 e. The molecule has 128 valence electrons. The van der Waals surface area contributed by atoms with Gasteiger partial charge in [0.1, 0.15) is 0 Å². The highest BCUT2D eigenvalue weighted by Gasteiger charge is 2.18. The highest BCUT2D eigenvalue weighted by Crippen LogP contribution is 2.28. The van der Waals surface area contributed by atoms with Crippen LogP contribution in [0.25, 0.3) is 0 Å². The van der Waals surface area contributed by atoms with Crippen molar-refractivity contribution in [3.8, 4) is 0 Å². The van der Waals surface area contributed by atoms with E-state index in [2.05, 4.69) is 47.5 Å². The van der Waals surface area contributed by atoms with Crippen molar-refractivity contribution in [2.45, 2.75) is 38.5 Å². The lowest BCUT2D eigenvalue weighted by Crippen LogP contribution is -2.35. The maximum Gasteiger partial charge on any atom is 0.0564 e. The van der Waals surface area contributed by atoms with Crippen molar-refractivity contribution in [1.29, 1.82) is 0 Å². The Bertz CT molecular complexity index is 668. The number of para-hydroxylation sites is 1. The third-order valence-corrected chi connectivity index (χ3v) is 5.06. The maximum absolute atomic E-state index is 9.67. The Balaban J connectivity index is 1.71. The summed E-state index contributed by atoms with van der Waals surface area (Å²) >= 11 is 6.32. The van der Waals surface area contributed by atoms with Crippen molar-refractivity contribution >= 4 is 17.3 Å². The molecular weight excluding hydrogens is 320 g/mol. The summed E-state index contributed by atoms with van der Waals surface area (Å²) in [7, 11) is 0. The van der Waals surface area contributed by atoms with Crippen molar-refractivity contribution in [2.24, 2.45) is 0 Å². The van der Waals surface area contributed by atoms with Crippen LogP contribution in [-0.2, 0) is 6.54 Å². The number of piperidine rings is 1. The van der Waals surface area contributed by atoms with Crippen LogP contribution in [0.2, 0.25) is 5.02 Å². The van der Waals surface area contributed by atoms with Gasteiger partial charge < -0.3 is 10.4 Å². The van der Waals surface area contributed by atoms with Gasteiger partial charge in [-0.05, 0) is 43.0 Å². The number of hydrogen-bond acceptors (Lipinski definition) is 3. The second-order valence-electron chi connectivity index (χ2n) is 6.55. The highest BCUT2D eigenvalue weighted by molar-refractivity contribution is 6.31. The van der Waals surface area contributed by atoms with E-state index in [1.807, 2.05) is 18.2 Å². The first-order chi connectivity index (χ1) is 11.6. The Labute approximate surface area is 149 Å². The lowest BCUT2D eigenvalue weighted by molar-refractivity contribution is 0.0793. The number of halogens is 1. The van der Waals surface area contributed by atoms with E-state index in [-0.39, 0.29) is 12.1 Å². The van der Waals surface area contributed by atoms with Crippen LogP contribution in [0.5, 0.6) is 0 Å². The lowest BCUT2D eigenvalue weighted by Gasteiger charge is -2.30. The number of nitrogens with one attached hydrogen (secondary N) is 1. The van der Waals surface area contributed by atoms with Crippen LogP contribution in [-0.4, -0.2) is 29.2 Å². The molecule has 2 N–H and O–H groups in total. The summed E-state index contributed by atoms with van der Waals surface area (Å²) in [5, 5.41) is 14.1. The molecule has 0 amide bonds. The standard InChI is InChI=1S/C20H25ClN2O/c1-15(18-7-3-4-8-19(18)21)22-20-9-5-2-6-16(20)14-23-12-10-17(24)11-13-23/h2-9,15,17,22,24H,10-14H2,1H3. The van der Waals surface area contributed by atoms with Gasteiger partial charge in [-0.25, -0.2) is 0 Å². The summed E-state index contributed by atoms with van der Waals surface area (Å²) in [4.78, 5) is 2.41. The number of aliphatic hydroxyl groups excluding tert-OH is 1. The fraction of sp³-hybridized carbons (Fsp3) is 0.400. The van der Waals surface area contributed by atoms with Crippen molar-refractivity contribution in [1.82, 2.24) is 4.90 Å². The molecule has 1 fully saturated rings. The molecule has 0 aliphatic carbocycles. The van der Waals surface area contributed by atoms with E-state index in [4.69, 9.17) is 11.6 Å². The molecule has 2 aromatic rings. The fourth-order valence-electron chi connectivity index (χ4n) is 3.25. The number of anilines is 1. The van der Waals surface area contributed by atoms with Gasteiger partial charge in [0, 0.05) is 36.4 Å². The average Bonchev–Trinajstić information content (AvgIpc) is 2.59. The molecule has 0 aromatic heterocycles. The number of hydrogen-bond donors (Lipinski definition) is 2. The van der Waals surface area contributed by atoms with E-state index in [0.717, 1.165) is 48.7 Å². The summed E-state index contributed by atoms with van der Waals surface area (Å²) in [6.45, 7) is 4.95. The molecule has 1 aliphatic rings. The first-order valence-corrected chi connectivity index (χ1v) is 9.00. The molecule has 3 nitrogen and oxygen atoms in total. The summed E-state index contributed by atoms with van der Waals surface area (Å²) in [5.74, 6) is 0. The molecule has 3 rings (SSSR count). The molecule has 1 atom stereocenters. The predicted octanol–water partition coefficient (Wildman–Crippen LogP) is 4.47. The molecule has 1 aliphatic heterocycles. The second kappa shape index (κ2) is 8.02. The fourth-order valence-corrected chi connectivity index (χ4v) is 3.55. The normalized spacial score (nSPS) is 17.6. The summed E-state index contributed by atoms with van der Waals surface area (Å²) in [5.41, 5.74) is 3.54. The van der Waals surface area contributed by atoms with Gasteiger partial charge >= 0.3 is 0 Å². The molecular formula is C20H25ClN2O. The monoisotopic (exact) mass is 344 g/mol. The Kier molecular flexibility index (Phi) is 5.77. The van der Waals surface area contributed by atoms with E-state index in [1.165, 1.54) is 5.56 Å². The van der Waals surface area contributed by atoms with Crippen molar-refractivity contribution in [3.05, 3.63) is 64.7 Å². The van der Waals surface area contributed by atoms with E-state index >= 15 is 0 Å². The average molecular weight is 345 g/mol. The van der Waals surface area contributed by atoms with Gasteiger partial charge in [-0.15, -0.1) is 0 Å². The highest BCUT2D eigenvalue weighted by atomic mass is 35.5. The van der Waals surface area contributed by atoms with Crippen LogP contribution in [0.3, 0.4) is 0 Å². The molecule has 1 saturated heterocycles. The molecule has 24 heavy (non-hydrogen) atoms. The van der Waals surface area contributed by atoms with Gasteiger partial charge in [0.25, 0.3) is 0 Å².